The number of hydrogen-bond donors (Lipinski definition) is 0. The lowest BCUT2D eigenvalue weighted by Gasteiger charge is -2.02. The summed E-state index contributed by atoms with van der Waals surface area (Å²) < 4.78 is 43.4. The van der Waals surface area contributed by atoms with E-state index in [0.717, 1.165) is 5.56 Å². The zero-order valence-corrected chi connectivity index (χ0v) is 12.1. The molecule has 1 aliphatic rings. The van der Waals surface area contributed by atoms with Gasteiger partial charge in [-0.25, -0.2) is 8.42 Å². The molecule has 1 heterocycles. The van der Waals surface area contributed by atoms with Gasteiger partial charge >= 0.3 is 0 Å². The molecule has 0 N–H and O–H groups in total. The molecule has 2 atom stereocenters. The summed E-state index contributed by atoms with van der Waals surface area (Å²) >= 11 is 0. The second-order valence-electron chi connectivity index (χ2n) is 4.74. The Bertz CT molecular complexity index is 733. The monoisotopic (exact) mass is 305 g/mol. The number of sulfone groups is 1. The third-order valence-electron chi connectivity index (χ3n) is 3.16. The van der Waals surface area contributed by atoms with Gasteiger partial charge in [0.15, 0.2) is 5.41 Å². The molecule has 1 saturated heterocycles. The highest BCUT2D eigenvalue weighted by Gasteiger charge is 2.49. The summed E-state index contributed by atoms with van der Waals surface area (Å²) in [6.07, 6.45) is -0.763. The molecular formula is C16H16O4S. The van der Waals surface area contributed by atoms with Crippen molar-refractivity contribution >= 4 is 9.84 Å². The molecule has 0 unspecified atom stereocenters. The Morgan fingerprint density at radius 2 is 1.67 bits per heavy atom. The molecule has 4 nitrogen and oxygen atoms in total. The van der Waals surface area contributed by atoms with Gasteiger partial charge in [0.25, 0.3) is 0 Å². The largest absolute Gasteiger partial charge is 0.374 e. The molecule has 3 rings (SSSR count). The summed E-state index contributed by atoms with van der Waals surface area (Å²) in [5.74, 6) is 0. The zero-order chi connectivity index (χ0) is 15.6. The Morgan fingerprint density at radius 3 is 2.33 bits per heavy atom. The van der Waals surface area contributed by atoms with Crippen molar-refractivity contribution < 1.29 is 19.3 Å². The summed E-state index contributed by atoms with van der Waals surface area (Å²) in [5, 5.41) is 0. The van der Waals surface area contributed by atoms with Crippen LogP contribution >= 0.6 is 0 Å². The Kier molecular flexibility index (Phi) is 3.70. The predicted molar refractivity (Wildman–Crippen MR) is 78.4 cm³/mol. The third-order valence-corrected chi connectivity index (χ3v) is 4.94. The fourth-order valence-electron chi connectivity index (χ4n) is 2.02. The predicted octanol–water partition coefficient (Wildman–Crippen LogP) is 2.40. The SMILES string of the molecule is [2H][C@@]1(S(=O)(=O)c2ccccc2)O[C@@H]1COCc1ccccc1. The summed E-state index contributed by atoms with van der Waals surface area (Å²) in [6, 6.07) is 17.5. The molecule has 2 aromatic rings. The Labute approximate surface area is 125 Å². The fourth-order valence-corrected chi connectivity index (χ4v) is 3.42. The topological polar surface area (TPSA) is 55.9 Å². The molecule has 0 saturated carbocycles. The van der Waals surface area contributed by atoms with Crippen molar-refractivity contribution in [3.05, 3.63) is 66.2 Å². The van der Waals surface area contributed by atoms with Crippen LogP contribution in [-0.2, 0) is 25.9 Å². The van der Waals surface area contributed by atoms with Crippen molar-refractivity contribution in [3.63, 3.8) is 0 Å². The molecule has 110 valence electrons. The minimum atomic E-state index is -3.85. The first-order chi connectivity index (χ1) is 10.5. The lowest BCUT2D eigenvalue weighted by molar-refractivity contribution is 0.104. The highest BCUT2D eigenvalue weighted by atomic mass is 32.2. The fraction of sp³-hybridized carbons (Fsp3) is 0.250. The van der Waals surface area contributed by atoms with Crippen LogP contribution in [0.3, 0.4) is 0 Å². The maximum Gasteiger partial charge on any atom is 0.207 e. The maximum atomic E-state index is 12.4. The number of ether oxygens (including phenoxy) is 2. The Balaban J connectivity index is 1.60. The second kappa shape index (κ2) is 5.97. The van der Waals surface area contributed by atoms with Crippen molar-refractivity contribution in [1.29, 1.82) is 0 Å². The molecule has 0 aliphatic carbocycles. The van der Waals surface area contributed by atoms with Gasteiger partial charge in [-0.3, -0.25) is 0 Å². The summed E-state index contributed by atoms with van der Waals surface area (Å²) in [6.45, 7) is 0.437. The average Bonchev–Trinajstić information content (AvgIpc) is 3.22. The molecule has 0 amide bonds. The van der Waals surface area contributed by atoms with Gasteiger partial charge in [0, 0.05) is 0 Å². The van der Waals surface area contributed by atoms with E-state index in [0.29, 0.717) is 6.61 Å². The quantitative estimate of drug-likeness (QED) is 0.769. The molecule has 5 heteroatoms. The Morgan fingerprint density at radius 1 is 1.05 bits per heavy atom. The van der Waals surface area contributed by atoms with E-state index in [4.69, 9.17) is 10.8 Å². The summed E-state index contributed by atoms with van der Waals surface area (Å²) in [5.41, 5.74) is -0.949. The zero-order valence-electron chi connectivity index (χ0n) is 12.3. The van der Waals surface area contributed by atoms with E-state index in [1.165, 1.54) is 12.1 Å². The lowest BCUT2D eigenvalue weighted by atomic mass is 10.2. The van der Waals surface area contributed by atoms with Gasteiger partial charge in [-0.05, 0) is 17.7 Å². The van der Waals surface area contributed by atoms with Gasteiger partial charge in [0.2, 0.25) is 9.84 Å². The van der Waals surface area contributed by atoms with E-state index < -0.39 is 21.4 Å². The highest BCUT2D eigenvalue weighted by Crippen LogP contribution is 2.32. The molecule has 1 fully saturated rings. The molecule has 1 aliphatic heterocycles. The first kappa shape index (κ1) is 13.0. The normalized spacial score (nSPS) is 25.3. The molecular weight excluding hydrogens is 288 g/mol. The van der Waals surface area contributed by atoms with Gasteiger partial charge in [0.05, 0.1) is 19.5 Å². The third kappa shape index (κ3) is 3.32. The van der Waals surface area contributed by atoms with Crippen LogP contribution in [0.2, 0.25) is 0 Å². The van der Waals surface area contributed by atoms with E-state index in [1.807, 2.05) is 30.3 Å². The van der Waals surface area contributed by atoms with Crippen molar-refractivity contribution in [2.75, 3.05) is 6.61 Å². The second-order valence-corrected chi connectivity index (χ2v) is 6.62. The summed E-state index contributed by atoms with van der Waals surface area (Å²) in [4.78, 5) is 0.0931. The van der Waals surface area contributed by atoms with Crippen LogP contribution in [0.15, 0.2) is 65.6 Å². The minimum Gasteiger partial charge on any atom is -0.374 e. The smallest absolute Gasteiger partial charge is 0.207 e. The van der Waals surface area contributed by atoms with Gasteiger partial charge < -0.3 is 9.47 Å². The Hall–Kier alpha value is -1.69. The number of hydrogen-bond acceptors (Lipinski definition) is 4. The van der Waals surface area contributed by atoms with Gasteiger partial charge in [0.1, 0.15) is 6.10 Å². The molecule has 21 heavy (non-hydrogen) atoms. The van der Waals surface area contributed by atoms with Crippen LogP contribution in [0, 0.1) is 0 Å². The minimum absolute atomic E-state index is 0.0739. The van der Waals surface area contributed by atoms with Crippen molar-refractivity contribution in [2.24, 2.45) is 0 Å². The van der Waals surface area contributed by atoms with E-state index in [2.05, 4.69) is 0 Å². The average molecular weight is 305 g/mol. The maximum absolute atomic E-state index is 12.4. The van der Waals surface area contributed by atoms with Crippen LogP contribution in [0.1, 0.15) is 6.93 Å². The van der Waals surface area contributed by atoms with E-state index in [9.17, 15) is 8.42 Å². The first-order valence-electron chi connectivity index (χ1n) is 7.13. The molecule has 0 radical (unpaired) electrons. The highest BCUT2D eigenvalue weighted by molar-refractivity contribution is 7.92. The van der Waals surface area contributed by atoms with Crippen LogP contribution in [0.25, 0.3) is 0 Å². The van der Waals surface area contributed by atoms with Crippen molar-refractivity contribution in [3.8, 4) is 0 Å². The van der Waals surface area contributed by atoms with Crippen molar-refractivity contribution in [1.82, 2.24) is 0 Å². The van der Waals surface area contributed by atoms with Crippen LogP contribution in [-0.4, -0.2) is 26.5 Å². The first-order valence-corrected chi connectivity index (χ1v) is 8.11. The van der Waals surface area contributed by atoms with Gasteiger partial charge in [-0.2, -0.15) is 0 Å². The number of epoxide rings is 1. The number of rotatable bonds is 6. The van der Waals surface area contributed by atoms with E-state index in [-0.39, 0.29) is 11.5 Å². The van der Waals surface area contributed by atoms with Gasteiger partial charge in [-0.15, -0.1) is 0 Å². The standard InChI is InChI=1S/C16H16O4S/c17-21(18,14-9-5-2-6-10-14)16-15(20-16)12-19-11-13-7-3-1-4-8-13/h1-10,15-16H,11-12H2/t15-,16+/m1/s1/i16D. The lowest BCUT2D eigenvalue weighted by Crippen LogP contribution is -2.14. The summed E-state index contributed by atoms with van der Waals surface area (Å²) in [7, 11) is -3.85. The molecule has 2 aromatic carbocycles. The van der Waals surface area contributed by atoms with Crippen LogP contribution in [0.4, 0.5) is 0 Å². The molecule has 0 bridgehead atoms. The van der Waals surface area contributed by atoms with E-state index >= 15 is 0 Å². The van der Waals surface area contributed by atoms with Gasteiger partial charge in [-0.1, -0.05) is 48.5 Å². The number of benzene rings is 2. The van der Waals surface area contributed by atoms with E-state index in [1.54, 1.807) is 18.2 Å². The van der Waals surface area contributed by atoms with Crippen LogP contribution in [0.5, 0.6) is 0 Å². The van der Waals surface area contributed by atoms with Crippen molar-refractivity contribution in [2.45, 2.75) is 23.0 Å². The van der Waals surface area contributed by atoms with Crippen LogP contribution < -0.4 is 0 Å². The molecule has 0 aromatic heterocycles. The molecule has 0 spiro atoms.